The first-order chi connectivity index (χ1) is 14.4. The van der Waals surface area contributed by atoms with Crippen LogP contribution in [0.2, 0.25) is 0 Å². The fourth-order valence-corrected chi connectivity index (χ4v) is 3.39. The second kappa shape index (κ2) is 10.1. The first kappa shape index (κ1) is 21.6. The maximum absolute atomic E-state index is 13.2. The van der Waals surface area contributed by atoms with Gasteiger partial charge in [-0.2, -0.15) is 0 Å². The number of hydrogen-bond acceptors (Lipinski definition) is 4. The molecule has 2 aromatic rings. The molecule has 1 aliphatic rings. The molecule has 0 bridgehead atoms. The lowest BCUT2D eigenvalue weighted by atomic mass is 10.0. The number of nitrogens with zero attached hydrogens (tertiary/aromatic N) is 2. The number of ketones is 1. The van der Waals surface area contributed by atoms with Gasteiger partial charge < -0.3 is 10.2 Å². The molecule has 0 radical (unpaired) electrons. The summed E-state index contributed by atoms with van der Waals surface area (Å²) in [4.78, 5) is 40.5. The number of rotatable bonds is 7. The van der Waals surface area contributed by atoms with Gasteiger partial charge in [-0.05, 0) is 25.1 Å². The smallest absolute Gasteiger partial charge is 0.238 e. The minimum absolute atomic E-state index is 0.0315. The van der Waals surface area contributed by atoms with Gasteiger partial charge in [0.1, 0.15) is 5.82 Å². The molecule has 0 spiro atoms. The second-order valence-electron chi connectivity index (χ2n) is 7.50. The van der Waals surface area contributed by atoms with E-state index in [4.69, 9.17) is 0 Å². The summed E-state index contributed by atoms with van der Waals surface area (Å²) in [5, 5.41) is 2.68. The van der Waals surface area contributed by atoms with Crippen LogP contribution in [-0.2, 0) is 9.59 Å². The highest BCUT2D eigenvalue weighted by atomic mass is 19.1. The van der Waals surface area contributed by atoms with E-state index in [0.717, 1.165) is 5.56 Å². The zero-order valence-corrected chi connectivity index (χ0v) is 17.1. The summed E-state index contributed by atoms with van der Waals surface area (Å²) < 4.78 is 13.2. The second-order valence-corrected chi connectivity index (χ2v) is 7.50. The largest absolute Gasteiger partial charge is 0.340 e. The molecule has 2 amide bonds. The van der Waals surface area contributed by atoms with E-state index in [0.29, 0.717) is 37.4 Å². The Kier molecular flexibility index (Phi) is 7.30. The third kappa shape index (κ3) is 6.22. The highest BCUT2D eigenvalue weighted by molar-refractivity contribution is 5.98. The molecular formula is C23H26FN3O3. The van der Waals surface area contributed by atoms with Crippen LogP contribution in [0.1, 0.15) is 28.8 Å². The minimum atomic E-state index is -0.402. The van der Waals surface area contributed by atoms with E-state index in [1.54, 1.807) is 29.2 Å². The van der Waals surface area contributed by atoms with Gasteiger partial charge in [0.05, 0.1) is 6.54 Å². The number of Topliss-reactive ketones (excluding diaryl/α,β-unsaturated/α-hetero) is 1. The summed E-state index contributed by atoms with van der Waals surface area (Å²) in [6.07, 6.45) is 0.380. The van der Waals surface area contributed by atoms with Gasteiger partial charge in [-0.1, -0.05) is 35.9 Å². The number of carbonyl (C=O) groups excluding carboxylic acids is 3. The Labute approximate surface area is 175 Å². The van der Waals surface area contributed by atoms with Gasteiger partial charge >= 0.3 is 0 Å². The fourth-order valence-electron chi connectivity index (χ4n) is 3.39. The molecule has 0 unspecified atom stereocenters. The van der Waals surface area contributed by atoms with Gasteiger partial charge in [0.2, 0.25) is 11.8 Å². The van der Waals surface area contributed by atoms with E-state index in [1.807, 2.05) is 24.0 Å². The molecule has 3 rings (SSSR count). The predicted molar refractivity (Wildman–Crippen MR) is 113 cm³/mol. The normalized spacial score (nSPS) is 14.4. The zero-order chi connectivity index (χ0) is 21.5. The van der Waals surface area contributed by atoms with Crippen molar-refractivity contribution < 1.29 is 18.8 Å². The number of halogens is 1. The van der Waals surface area contributed by atoms with Crippen LogP contribution in [0, 0.1) is 12.7 Å². The first-order valence-electron chi connectivity index (χ1n) is 10.1. The number of nitrogens with one attached hydrogen (secondary N) is 1. The lowest BCUT2D eigenvalue weighted by Crippen LogP contribution is -2.50. The number of carbonyl (C=O) groups is 3. The summed E-state index contributed by atoms with van der Waals surface area (Å²) >= 11 is 0. The number of anilines is 1. The Balaban J connectivity index is 1.39. The zero-order valence-electron chi connectivity index (χ0n) is 17.1. The van der Waals surface area contributed by atoms with E-state index in [-0.39, 0.29) is 37.0 Å². The highest BCUT2D eigenvalue weighted by Gasteiger charge is 2.23. The van der Waals surface area contributed by atoms with E-state index in [9.17, 15) is 18.8 Å². The summed E-state index contributed by atoms with van der Waals surface area (Å²) in [6.45, 7) is 4.34. The number of aryl methyl sites for hydroxylation is 1. The van der Waals surface area contributed by atoms with Crippen molar-refractivity contribution in [2.24, 2.45) is 0 Å². The van der Waals surface area contributed by atoms with E-state index >= 15 is 0 Å². The maximum atomic E-state index is 13.2. The van der Waals surface area contributed by atoms with E-state index in [1.165, 1.54) is 12.1 Å². The Hall–Kier alpha value is -3.06. The summed E-state index contributed by atoms with van der Waals surface area (Å²) in [6, 6.07) is 13.1. The molecule has 0 atom stereocenters. The molecule has 0 saturated carbocycles. The predicted octanol–water partition coefficient (Wildman–Crippen LogP) is 2.88. The molecule has 1 aliphatic heterocycles. The molecule has 158 valence electrons. The molecule has 1 saturated heterocycles. The standard InChI is InChI=1S/C23H26FN3O3/c1-17-5-7-18(8-6-17)21(28)9-10-23(30)27-13-11-26(12-14-27)16-22(29)25-20-4-2-3-19(24)15-20/h2-8,15H,9-14,16H2,1H3,(H,25,29). The monoisotopic (exact) mass is 411 g/mol. The average Bonchev–Trinajstić information content (AvgIpc) is 2.72. The van der Waals surface area contributed by atoms with Crippen LogP contribution in [0.15, 0.2) is 48.5 Å². The quantitative estimate of drug-likeness (QED) is 0.712. The Morgan fingerprint density at radius 1 is 0.967 bits per heavy atom. The van der Waals surface area contributed by atoms with Gasteiger partial charge in [0, 0.05) is 50.3 Å². The molecule has 0 aromatic heterocycles. The average molecular weight is 411 g/mol. The highest BCUT2D eigenvalue weighted by Crippen LogP contribution is 2.12. The van der Waals surface area contributed by atoms with Crippen molar-refractivity contribution in [2.45, 2.75) is 19.8 Å². The SMILES string of the molecule is Cc1ccc(C(=O)CCC(=O)N2CCN(CC(=O)Nc3cccc(F)c3)CC2)cc1. The Bertz CT molecular complexity index is 906. The lowest BCUT2D eigenvalue weighted by molar-refractivity contribution is -0.133. The van der Waals surface area contributed by atoms with Crippen LogP contribution >= 0.6 is 0 Å². The van der Waals surface area contributed by atoms with E-state index in [2.05, 4.69) is 5.32 Å². The lowest BCUT2D eigenvalue weighted by Gasteiger charge is -2.34. The van der Waals surface area contributed by atoms with E-state index < -0.39 is 5.82 Å². The van der Waals surface area contributed by atoms with Crippen molar-refractivity contribution in [2.75, 3.05) is 38.0 Å². The first-order valence-corrected chi connectivity index (χ1v) is 10.1. The van der Waals surface area contributed by atoms with Crippen molar-refractivity contribution in [1.82, 2.24) is 9.80 Å². The van der Waals surface area contributed by atoms with Gasteiger partial charge in [-0.25, -0.2) is 4.39 Å². The molecule has 1 heterocycles. The number of piperazine rings is 1. The number of benzene rings is 2. The van der Waals surface area contributed by atoms with Gasteiger partial charge in [0.15, 0.2) is 5.78 Å². The van der Waals surface area contributed by atoms with Crippen molar-refractivity contribution >= 4 is 23.3 Å². The Morgan fingerprint density at radius 3 is 2.33 bits per heavy atom. The topological polar surface area (TPSA) is 69.7 Å². The number of amides is 2. The number of hydrogen-bond donors (Lipinski definition) is 1. The molecule has 7 heteroatoms. The van der Waals surface area contributed by atoms with Crippen molar-refractivity contribution in [3.05, 3.63) is 65.5 Å². The van der Waals surface area contributed by atoms with Crippen LogP contribution in [0.25, 0.3) is 0 Å². The summed E-state index contributed by atoms with van der Waals surface area (Å²) in [7, 11) is 0. The van der Waals surface area contributed by atoms with Crippen LogP contribution in [0.5, 0.6) is 0 Å². The molecule has 2 aromatic carbocycles. The third-order valence-corrected chi connectivity index (χ3v) is 5.14. The van der Waals surface area contributed by atoms with Gasteiger partial charge in [0.25, 0.3) is 0 Å². The van der Waals surface area contributed by atoms with Crippen molar-refractivity contribution in [3.63, 3.8) is 0 Å². The summed E-state index contributed by atoms with van der Waals surface area (Å²) in [5.41, 5.74) is 2.14. The molecule has 1 N–H and O–H groups in total. The van der Waals surface area contributed by atoms with Gasteiger partial charge in [-0.15, -0.1) is 0 Å². The molecule has 0 aliphatic carbocycles. The molecule has 30 heavy (non-hydrogen) atoms. The van der Waals surface area contributed by atoms with Crippen LogP contribution in [0.3, 0.4) is 0 Å². The molecular weight excluding hydrogens is 385 g/mol. The third-order valence-electron chi connectivity index (χ3n) is 5.14. The minimum Gasteiger partial charge on any atom is -0.340 e. The summed E-state index contributed by atoms with van der Waals surface area (Å²) in [5.74, 6) is -0.694. The van der Waals surface area contributed by atoms with Crippen LogP contribution in [-0.4, -0.2) is 60.1 Å². The fraction of sp³-hybridized carbons (Fsp3) is 0.348. The van der Waals surface area contributed by atoms with Crippen molar-refractivity contribution in [3.8, 4) is 0 Å². The molecule has 6 nitrogen and oxygen atoms in total. The van der Waals surface area contributed by atoms with Crippen molar-refractivity contribution in [1.29, 1.82) is 0 Å². The molecule has 1 fully saturated rings. The van der Waals surface area contributed by atoms with Crippen LogP contribution in [0.4, 0.5) is 10.1 Å². The Morgan fingerprint density at radius 2 is 1.67 bits per heavy atom. The maximum Gasteiger partial charge on any atom is 0.238 e. The van der Waals surface area contributed by atoms with Crippen LogP contribution < -0.4 is 5.32 Å². The van der Waals surface area contributed by atoms with Gasteiger partial charge in [-0.3, -0.25) is 19.3 Å².